The van der Waals surface area contributed by atoms with Gasteiger partial charge in [-0.3, -0.25) is 4.79 Å². The first-order chi connectivity index (χ1) is 12.0. The van der Waals surface area contributed by atoms with E-state index in [-0.39, 0.29) is 18.0 Å². The number of halogens is 1. The molecule has 2 aromatic rings. The zero-order valence-electron chi connectivity index (χ0n) is 14.0. The van der Waals surface area contributed by atoms with E-state index in [4.69, 9.17) is 16.7 Å². The quantitative estimate of drug-likeness (QED) is 0.867. The summed E-state index contributed by atoms with van der Waals surface area (Å²) in [5.41, 5.74) is 1.01. The summed E-state index contributed by atoms with van der Waals surface area (Å²) in [6, 6.07) is 11.3. The van der Waals surface area contributed by atoms with E-state index in [9.17, 15) is 9.59 Å². The topological polar surface area (TPSA) is 69.6 Å². The average molecular weight is 361 g/mol. The average Bonchev–Trinajstić information content (AvgIpc) is 2.62. The van der Waals surface area contributed by atoms with Gasteiger partial charge in [0.15, 0.2) is 0 Å². The molecule has 1 unspecified atom stereocenters. The van der Waals surface area contributed by atoms with Gasteiger partial charge in [-0.2, -0.15) is 0 Å². The van der Waals surface area contributed by atoms with Crippen LogP contribution in [0.25, 0.3) is 10.8 Å². The second-order valence-electron chi connectivity index (χ2n) is 6.45. The van der Waals surface area contributed by atoms with Crippen LogP contribution in [0.15, 0.2) is 36.4 Å². The Morgan fingerprint density at radius 2 is 1.80 bits per heavy atom. The highest BCUT2D eigenvalue weighted by Gasteiger charge is 2.27. The van der Waals surface area contributed by atoms with Crippen molar-refractivity contribution in [3.05, 3.63) is 47.0 Å². The molecule has 0 bridgehead atoms. The fourth-order valence-electron chi connectivity index (χ4n) is 3.35. The van der Waals surface area contributed by atoms with Crippen LogP contribution in [0.1, 0.15) is 31.4 Å². The molecule has 6 heteroatoms. The first kappa shape index (κ1) is 17.5. The van der Waals surface area contributed by atoms with Crippen LogP contribution < -0.4 is 5.32 Å². The number of nitrogens with one attached hydrogen (secondary N) is 1. The third-order valence-electron chi connectivity index (χ3n) is 4.84. The van der Waals surface area contributed by atoms with Crippen molar-refractivity contribution in [1.29, 1.82) is 0 Å². The predicted molar refractivity (Wildman–Crippen MR) is 97.8 cm³/mol. The number of rotatable bonds is 3. The van der Waals surface area contributed by atoms with Gasteiger partial charge in [-0.1, -0.05) is 41.9 Å². The molecule has 1 atom stereocenters. The van der Waals surface area contributed by atoms with Crippen LogP contribution in [-0.2, 0) is 4.79 Å². The van der Waals surface area contributed by atoms with E-state index in [1.54, 1.807) is 4.90 Å². The van der Waals surface area contributed by atoms with Crippen molar-refractivity contribution in [2.45, 2.75) is 25.8 Å². The van der Waals surface area contributed by atoms with E-state index in [1.165, 1.54) is 0 Å². The van der Waals surface area contributed by atoms with Gasteiger partial charge in [0.1, 0.15) is 0 Å². The number of carboxylic acids is 1. The van der Waals surface area contributed by atoms with E-state index in [0.29, 0.717) is 31.0 Å². The number of piperidine rings is 1. The first-order valence-electron chi connectivity index (χ1n) is 8.42. The number of aliphatic carboxylic acids is 1. The van der Waals surface area contributed by atoms with Gasteiger partial charge in [0.2, 0.25) is 0 Å². The number of carboxylic acid groups (broad SMARTS) is 1. The van der Waals surface area contributed by atoms with Gasteiger partial charge >= 0.3 is 12.0 Å². The summed E-state index contributed by atoms with van der Waals surface area (Å²) in [7, 11) is 0. The van der Waals surface area contributed by atoms with Gasteiger partial charge in [-0.05, 0) is 36.8 Å². The number of carbonyl (C=O) groups is 2. The lowest BCUT2D eigenvalue weighted by molar-refractivity contribution is -0.143. The minimum atomic E-state index is -0.777. The molecular weight excluding hydrogens is 340 g/mol. The summed E-state index contributed by atoms with van der Waals surface area (Å²) in [4.78, 5) is 25.2. The molecular formula is C19H21ClN2O3. The van der Waals surface area contributed by atoms with Gasteiger partial charge < -0.3 is 15.3 Å². The standard InChI is InChI=1S/C19H21ClN2O3/c1-12(14-6-7-17(20)16-5-3-2-4-15(14)16)21-19(25)22-10-8-13(9-11-22)18(23)24/h2-7,12-13H,8-11H2,1H3,(H,21,25)(H,23,24). The molecule has 1 aliphatic rings. The van der Waals surface area contributed by atoms with Crippen molar-refractivity contribution in [3.63, 3.8) is 0 Å². The fourth-order valence-corrected chi connectivity index (χ4v) is 3.57. The zero-order valence-corrected chi connectivity index (χ0v) is 14.8. The van der Waals surface area contributed by atoms with Gasteiger partial charge in [-0.25, -0.2) is 4.79 Å². The Labute approximate surface area is 151 Å². The summed E-state index contributed by atoms with van der Waals surface area (Å²) in [6.07, 6.45) is 1.00. The Balaban J connectivity index is 1.71. The molecule has 2 amide bonds. The van der Waals surface area contributed by atoms with Crippen molar-refractivity contribution in [2.75, 3.05) is 13.1 Å². The largest absolute Gasteiger partial charge is 0.481 e. The number of fused-ring (bicyclic) bond motifs is 1. The van der Waals surface area contributed by atoms with Crippen LogP contribution in [0.4, 0.5) is 4.79 Å². The van der Waals surface area contributed by atoms with Gasteiger partial charge in [0, 0.05) is 23.5 Å². The second-order valence-corrected chi connectivity index (χ2v) is 6.86. The van der Waals surface area contributed by atoms with Gasteiger partial charge in [0.05, 0.1) is 12.0 Å². The van der Waals surface area contributed by atoms with Gasteiger partial charge in [-0.15, -0.1) is 0 Å². The van der Waals surface area contributed by atoms with Crippen molar-refractivity contribution in [2.24, 2.45) is 5.92 Å². The SMILES string of the molecule is CC(NC(=O)N1CCC(C(=O)O)CC1)c1ccc(Cl)c2ccccc12. The number of hydrogen-bond donors (Lipinski definition) is 2. The summed E-state index contributed by atoms with van der Waals surface area (Å²) in [6.45, 7) is 2.88. The molecule has 132 valence electrons. The van der Waals surface area contributed by atoms with Crippen LogP contribution in [-0.4, -0.2) is 35.1 Å². The number of nitrogens with zero attached hydrogens (tertiary/aromatic N) is 1. The Bertz CT molecular complexity index is 800. The van der Waals surface area contributed by atoms with Crippen molar-refractivity contribution in [3.8, 4) is 0 Å². The smallest absolute Gasteiger partial charge is 0.317 e. The number of hydrogen-bond acceptors (Lipinski definition) is 2. The summed E-state index contributed by atoms with van der Waals surface area (Å²) in [5, 5.41) is 14.7. The number of amides is 2. The van der Waals surface area contributed by atoms with Crippen molar-refractivity contribution >= 4 is 34.4 Å². The van der Waals surface area contributed by atoms with Crippen molar-refractivity contribution in [1.82, 2.24) is 10.2 Å². The molecule has 1 heterocycles. The van der Waals surface area contributed by atoms with Crippen LogP contribution in [0.5, 0.6) is 0 Å². The lowest BCUT2D eigenvalue weighted by atomic mass is 9.97. The molecule has 1 aliphatic heterocycles. The normalized spacial score (nSPS) is 16.6. The van der Waals surface area contributed by atoms with Crippen molar-refractivity contribution < 1.29 is 14.7 Å². The minimum Gasteiger partial charge on any atom is -0.481 e. The third-order valence-corrected chi connectivity index (χ3v) is 5.17. The molecule has 5 nitrogen and oxygen atoms in total. The van der Waals surface area contributed by atoms with E-state index in [0.717, 1.165) is 16.3 Å². The lowest BCUT2D eigenvalue weighted by Gasteiger charge is -2.31. The van der Waals surface area contributed by atoms with E-state index < -0.39 is 5.97 Å². The Morgan fingerprint density at radius 3 is 2.44 bits per heavy atom. The number of likely N-dealkylation sites (tertiary alicyclic amines) is 1. The molecule has 0 radical (unpaired) electrons. The van der Waals surface area contributed by atoms with Crippen LogP contribution in [0.2, 0.25) is 5.02 Å². The van der Waals surface area contributed by atoms with E-state index in [2.05, 4.69) is 5.32 Å². The molecule has 0 saturated carbocycles. The molecule has 3 rings (SSSR count). The Kier molecular flexibility index (Phi) is 5.13. The Morgan fingerprint density at radius 1 is 1.16 bits per heavy atom. The fraction of sp³-hybridized carbons (Fsp3) is 0.368. The zero-order chi connectivity index (χ0) is 18.0. The summed E-state index contributed by atoms with van der Waals surface area (Å²) >= 11 is 6.26. The van der Waals surface area contributed by atoms with Crippen LogP contribution in [0.3, 0.4) is 0 Å². The number of carbonyl (C=O) groups excluding carboxylic acids is 1. The highest BCUT2D eigenvalue weighted by molar-refractivity contribution is 6.35. The molecule has 1 saturated heterocycles. The van der Waals surface area contributed by atoms with E-state index in [1.807, 2.05) is 43.3 Å². The predicted octanol–water partition coefficient (Wildman–Crippen LogP) is 4.06. The summed E-state index contributed by atoms with van der Waals surface area (Å²) < 4.78 is 0. The molecule has 0 aromatic heterocycles. The highest BCUT2D eigenvalue weighted by atomic mass is 35.5. The third kappa shape index (κ3) is 3.71. The number of benzene rings is 2. The van der Waals surface area contributed by atoms with Crippen LogP contribution in [0, 0.1) is 5.92 Å². The molecule has 0 spiro atoms. The highest BCUT2D eigenvalue weighted by Crippen LogP contribution is 2.30. The van der Waals surface area contributed by atoms with Crippen LogP contribution >= 0.6 is 11.6 Å². The first-order valence-corrected chi connectivity index (χ1v) is 8.80. The maximum atomic E-state index is 12.5. The number of urea groups is 1. The van der Waals surface area contributed by atoms with Gasteiger partial charge in [0.25, 0.3) is 0 Å². The second kappa shape index (κ2) is 7.31. The molecule has 25 heavy (non-hydrogen) atoms. The van der Waals surface area contributed by atoms with E-state index >= 15 is 0 Å². The molecule has 1 fully saturated rings. The molecule has 2 N–H and O–H groups in total. The minimum absolute atomic E-state index is 0.157. The lowest BCUT2D eigenvalue weighted by Crippen LogP contribution is -2.46. The maximum Gasteiger partial charge on any atom is 0.317 e. The monoisotopic (exact) mass is 360 g/mol. The molecule has 0 aliphatic carbocycles. The summed E-state index contributed by atoms with van der Waals surface area (Å²) in [5.74, 6) is -1.12. The Hall–Kier alpha value is -2.27. The maximum absolute atomic E-state index is 12.5. The molecule has 2 aromatic carbocycles.